The molecule has 1 aromatic heterocycles. The van der Waals surface area contributed by atoms with E-state index in [4.69, 9.17) is 9.90 Å². The van der Waals surface area contributed by atoms with Crippen molar-refractivity contribution in [2.45, 2.75) is 27.3 Å². The topological polar surface area (TPSA) is 113 Å². The standard InChI is InChI=1S/C16H20N4O2.CH2O2/c1-4-17-16(22)13-5-6-14(11(2)9-13)19-15(21)10-20-8-7-18-12(20)3;2-1-3/h5-9H,4,10H2,1-3H3,(H,17,22)(H,19,21);1H,(H,2,3). The maximum absolute atomic E-state index is 12.1. The molecule has 0 unspecified atom stereocenters. The van der Waals surface area contributed by atoms with E-state index in [0.29, 0.717) is 17.8 Å². The summed E-state index contributed by atoms with van der Waals surface area (Å²) in [6.45, 7) is 6.13. The van der Waals surface area contributed by atoms with Gasteiger partial charge in [0.25, 0.3) is 12.4 Å². The van der Waals surface area contributed by atoms with Gasteiger partial charge in [0.05, 0.1) is 0 Å². The van der Waals surface area contributed by atoms with E-state index < -0.39 is 0 Å². The molecule has 0 bridgehead atoms. The van der Waals surface area contributed by atoms with Crippen LogP contribution < -0.4 is 10.6 Å². The number of nitrogens with one attached hydrogen (secondary N) is 2. The van der Waals surface area contributed by atoms with Crippen molar-refractivity contribution in [2.24, 2.45) is 0 Å². The van der Waals surface area contributed by atoms with Crippen LogP contribution in [0.3, 0.4) is 0 Å². The van der Waals surface area contributed by atoms with Gasteiger partial charge in [-0.15, -0.1) is 0 Å². The van der Waals surface area contributed by atoms with Gasteiger partial charge in [0.2, 0.25) is 5.91 Å². The quantitative estimate of drug-likeness (QED) is 0.712. The minimum Gasteiger partial charge on any atom is -0.483 e. The van der Waals surface area contributed by atoms with Crippen LogP contribution in [0.4, 0.5) is 5.69 Å². The molecular formula is C17H22N4O4. The van der Waals surface area contributed by atoms with Gasteiger partial charge in [-0.25, -0.2) is 4.98 Å². The van der Waals surface area contributed by atoms with E-state index in [1.807, 2.05) is 20.8 Å². The maximum Gasteiger partial charge on any atom is 0.290 e. The van der Waals surface area contributed by atoms with Gasteiger partial charge in [-0.1, -0.05) is 0 Å². The molecule has 8 nitrogen and oxygen atoms in total. The summed E-state index contributed by atoms with van der Waals surface area (Å²) in [7, 11) is 0. The molecule has 3 N–H and O–H groups in total. The van der Waals surface area contributed by atoms with Crippen LogP contribution >= 0.6 is 0 Å². The van der Waals surface area contributed by atoms with E-state index in [-0.39, 0.29) is 24.8 Å². The Hall–Kier alpha value is -3.16. The summed E-state index contributed by atoms with van der Waals surface area (Å²) in [4.78, 5) is 36.3. The molecule has 2 aromatic rings. The monoisotopic (exact) mass is 346 g/mol. The highest BCUT2D eigenvalue weighted by atomic mass is 16.3. The zero-order chi connectivity index (χ0) is 18.8. The largest absolute Gasteiger partial charge is 0.483 e. The number of aromatic nitrogens is 2. The lowest BCUT2D eigenvalue weighted by molar-refractivity contribution is -0.123. The number of hydrogen-bond acceptors (Lipinski definition) is 4. The SMILES string of the molecule is CCNC(=O)c1ccc(NC(=O)Cn2ccnc2C)c(C)c1.O=CO. The lowest BCUT2D eigenvalue weighted by Gasteiger charge is -2.11. The molecule has 8 heteroatoms. The van der Waals surface area contributed by atoms with Crippen molar-refractivity contribution in [3.63, 3.8) is 0 Å². The first-order valence-corrected chi connectivity index (χ1v) is 7.67. The smallest absolute Gasteiger partial charge is 0.290 e. The average Bonchev–Trinajstić information content (AvgIpc) is 2.95. The molecule has 0 atom stereocenters. The van der Waals surface area contributed by atoms with Gasteiger partial charge in [0.15, 0.2) is 0 Å². The second-order valence-electron chi connectivity index (χ2n) is 5.15. The predicted octanol–water partition coefficient (Wildman–Crippen LogP) is 1.59. The first-order chi connectivity index (χ1) is 11.9. The number of rotatable bonds is 5. The van der Waals surface area contributed by atoms with Crippen LogP contribution in [0.5, 0.6) is 0 Å². The van der Waals surface area contributed by atoms with Gasteiger partial charge in [0.1, 0.15) is 12.4 Å². The fraction of sp³-hybridized carbons (Fsp3) is 0.294. The summed E-state index contributed by atoms with van der Waals surface area (Å²) in [6, 6.07) is 5.22. The lowest BCUT2D eigenvalue weighted by atomic mass is 10.1. The number of hydrogen-bond donors (Lipinski definition) is 3. The Bertz CT molecular complexity index is 740. The third-order valence-corrected chi connectivity index (χ3v) is 3.34. The third kappa shape index (κ3) is 6.09. The highest BCUT2D eigenvalue weighted by Crippen LogP contribution is 2.16. The second kappa shape index (κ2) is 9.86. The van der Waals surface area contributed by atoms with Crippen LogP contribution in [-0.4, -0.2) is 39.5 Å². The van der Waals surface area contributed by atoms with Crippen molar-refractivity contribution in [1.29, 1.82) is 0 Å². The van der Waals surface area contributed by atoms with Crippen LogP contribution in [0, 0.1) is 13.8 Å². The van der Waals surface area contributed by atoms with Crippen molar-refractivity contribution in [3.05, 3.63) is 47.5 Å². The maximum atomic E-state index is 12.1. The van der Waals surface area contributed by atoms with Crippen molar-refractivity contribution in [1.82, 2.24) is 14.9 Å². The van der Waals surface area contributed by atoms with Gasteiger partial charge in [-0.05, 0) is 44.5 Å². The normalized spacial score (nSPS) is 9.56. The van der Waals surface area contributed by atoms with Crippen LogP contribution in [0.25, 0.3) is 0 Å². The van der Waals surface area contributed by atoms with E-state index in [0.717, 1.165) is 11.4 Å². The number of anilines is 1. The van der Waals surface area contributed by atoms with Gasteiger partial charge in [-0.2, -0.15) is 0 Å². The van der Waals surface area contributed by atoms with Crippen molar-refractivity contribution >= 4 is 24.0 Å². The first-order valence-electron chi connectivity index (χ1n) is 7.67. The Morgan fingerprint density at radius 2 is 2.00 bits per heavy atom. The molecule has 0 fully saturated rings. The summed E-state index contributed by atoms with van der Waals surface area (Å²) in [5.74, 6) is 0.547. The third-order valence-electron chi connectivity index (χ3n) is 3.34. The van der Waals surface area contributed by atoms with Gasteiger partial charge < -0.3 is 20.3 Å². The number of imidazole rings is 1. The Morgan fingerprint density at radius 3 is 2.52 bits per heavy atom. The number of carboxylic acid groups (broad SMARTS) is 1. The van der Waals surface area contributed by atoms with Crippen molar-refractivity contribution < 1.29 is 19.5 Å². The second-order valence-corrected chi connectivity index (χ2v) is 5.15. The number of benzene rings is 1. The predicted molar refractivity (Wildman–Crippen MR) is 93.5 cm³/mol. The van der Waals surface area contributed by atoms with Crippen molar-refractivity contribution in [2.75, 3.05) is 11.9 Å². The minimum absolute atomic E-state index is 0.113. The van der Waals surface area contributed by atoms with E-state index in [2.05, 4.69) is 15.6 Å². The molecule has 0 aliphatic rings. The Balaban J connectivity index is 0.000000970. The highest BCUT2D eigenvalue weighted by molar-refractivity contribution is 5.96. The van der Waals surface area contributed by atoms with E-state index in [1.54, 1.807) is 35.2 Å². The van der Waals surface area contributed by atoms with Crippen LogP contribution in [0.2, 0.25) is 0 Å². The van der Waals surface area contributed by atoms with Crippen LogP contribution in [-0.2, 0) is 16.1 Å². The molecule has 2 rings (SSSR count). The molecule has 134 valence electrons. The summed E-state index contributed by atoms with van der Waals surface area (Å²) in [5, 5.41) is 12.5. The van der Waals surface area contributed by atoms with Gasteiger partial charge in [0, 0.05) is 30.2 Å². The van der Waals surface area contributed by atoms with E-state index >= 15 is 0 Å². The number of carbonyl (C=O) groups is 3. The molecule has 0 radical (unpaired) electrons. The molecule has 0 aliphatic carbocycles. The highest BCUT2D eigenvalue weighted by Gasteiger charge is 2.10. The number of aryl methyl sites for hydroxylation is 2. The zero-order valence-electron chi connectivity index (χ0n) is 14.4. The fourth-order valence-electron chi connectivity index (χ4n) is 2.12. The van der Waals surface area contributed by atoms with Gasteiger partial charge in [-0.3, -0.25) is 14.4 Å². The minimum atomic E-state index is -0.250. The number of nitrogens with zero attached hydrogens (tertiary/aromatic N) is 2. The van der Waals surface area contributed by atoms with Crippen LogP contribution in [0.1, 0.15) is 28.7 Å². The molecule has 0 aliphatic heterocycles. The van der Waals surface area contributed by atoms with Crippen LogP contribution in [0.15, 0.2) is 30.6 Å². The Kier molecular flexibility index (Phi) is 7.85. The van der Waals surface area contributed by atoms with E-state index in [1.165, 1.54) is 0 Å². The van der Waals surface area contributed by atoms with E-state index in [9.17, 15) is 9.59 Å². The molecule has 1 heterocycles. The summed E-state index contributed by atoms with van der Waals surface area (Å²) < 4.78 is 1.77. The number of carbonyl (C=O) groups excluding carboxylic acids is 2. The Morgan fingerprint density at radius 1 is 1.32 bits per heavy atom. The lowest BCUT2D eigenvalue weighted by Crippen LogP contribution is -2.23. The first kappa shape index (κ1) is 19.9. The average molecular weight is 346 g/mol. The Labute approximate surface area is 145 Å². The molecule has 2 amide bonds. The number of amides is 2. The summed E-state index contributed by atoms with van der Waals surface area (Å²) >= 11 is 0. The molecule has 25 heavy (non-hydrogen) atoms. The molecule has 0 saturated heterocycles. The zero-order valence-corrected chi connectivity index (χ0v) is 14.4. The molecule has 0 saturated carbocycles. The summed E-state index contributed by atoms with van der Waals surface area (Å²) in [6.07, 6.45) is 3.43. The molecular weight excluding hydrogens is 324 g/mol. The molecule has 0 spiro atoms. The van der Waals surface area contributed by atoms with Gasteiger partial charge >= 0.3 is 0 Å². The summed E-state index contributed by atoms with van der Waals surface area (Å²) in [5.41, 5.74) is 2.14. The van der Waals surface area contributed by atoms with Crippen molar-refractivity contribution in [3.8, 4) is 0 Å². The molecule has 1 aromatic carbocycles. The fourth-order valence-corrected chi connectivity index (χ4v) is 2.12.